The normalized spacial score (nSPS) is 23.8. The molecule has 5 rings (SSSR count). The number of likely N-dealkylation sites (tertiary alicyclic amines) is 1. The highest BCUT2D eigenvalue weighted by Crippen LogP contribution is 2.45. The van der Waals surface area contributed by atoms with Gasteiger partial charge in [0.15, 0.2) is 0 Å². The summed E-state index contributed by atoms with van der Waals surface area (Å²) in [6.07, 6.45) is 6.76. The molecule has 1 atom stereocenters. The highest BCUT2D eigenvalue weighted by molar-refractivity contribution is 5.51. The van der Waals surface area contributed by atoms with Gasteiger partial charge in [0.25, 0.3) is 0 Å². The fourth-order valence-electron chi connectivity index (χ4n) is 6.18. The average Bonchev–Trinajstić information content (AvgIpc) is 3.24. The van der Waals surface area contributed by atoms with E-state index in [0.29, 0.717) is 17.9 Å². The summed E-state index contributed by atoms with van der Waals surface area (Å²) in [5.41, 5.74) is 7.42. The van der Waals surface area contributed by atoms with Gasteiger partial charge < -0.3 is 15.0 Å². The monoisotopic (exact) mass is 418 g/mol. The lowest BCUT2D eigenvalue weighted by Gasteiger charge is -2.41. The van der Waals surface area contributed by atoms with Crippen LogP contribution in [-0.4, -0.2) is 37.1 Å². The number of hydrogen-bond donors (Lipinski definition) is 1. The van der Waals surface area contributed by atoms with Crippen molar-refractivity contribution >= 4 is 0 Å². The Bertz CT molecular complexity index is 910. The van der Waals surface area contributed by atoms with Gasteiger partial charge in [-0.1, -0.05) is 36.4 Å². The van der Waals surface area contributed by atoms with E-state index in [1.165, 1.54) is 86.1 Å². The highest BCUT2D eigenvalue weighted by atomic mass is 16.5. The van der Waals surface area contributed by atoms with Crippen LogP contribution in [0.3, 0.4) is 0 Å². The second kappa shape index (κ2) is 8.60. The Kier molecular flexibility index (Phi) is 5.83. The maximum Gasteiger partial charge on any atom is 0.126 e. The second-order valence-electron chi connectivity index (χ2n) is 10.4. The van der Waals surface area contributed by atoms with Crippen LogP contribution in [0.15, 0.2) is 36.4 Å². The number of nitrogens with zero attached hydrogens (tertiary/aromatic N) is 1. The second-order valence-corrected chi connectivity index (χ2v) is 10.4. The van der Waals surface area contributed by atoms with E-state index in [1.54, 1.807) is 0 Å². The van der Waals surface area contributed by atoms with Crippen LogP contribution in [-0.2, 0) is 6.61 Å². The first-order valence-corrected chi connectivity index (χ1v) is 12.3. The number of piperidine rings is 1. The quantitative estimate of drug-likeness (QED) is 0.693. The molecule has 2 aromatic carbocycles. The van der Waals surface area contributed by atoms with E-state index in [2.05, 4.69) is 67.4 Å². The Morgan fingerprint density at radius 2 is 1.74 bits per heavy atom. The molecule has 31 heavy (non-hydrogen) atoms. The van der Waals surface area contributed by atoms with Gasteiger partial charge in [0.1, 0.15) is 12.4 Å². The molecule has 0 unspecified atom stereocenters. The molecular weight excluding hydrogens is 380 g/mol. The SMILES string of the molecule is Cc1cc(C2CCN([C@@H]3CCC4(CNC4)C3)CC2)c(OCc2ccccc2)c(C)c1C. The van der Waals surface area contributed by atoms with Crippen LogP contribution in [0.1, 0.15) is 65.8 Å². The van der Waals surface area contributed by atoms with Crippen LogP contribution < -0.4 is 10.1 Å². The fraction of sp³-hybridized carbons (Fsp3) is 0.571. The van der Waals surface area contributed by atoms with Gasteiger partial charge in [-0.2, -0.15) is 0 Å². The number of hydrogen-bond acceptors (Lipinski definition) is 3. The fourth-order valence-corrected chi connectivity index (χ4v) is 6.18. The maximum atomic E-state index is 6.50. The number of rotatable bonds is 5. The molecule has 2 aliphatic heterocycles. The number of benzene rings is 2. The Hall–Kier alpha value is -1.84. The molecule has 0 radical (unpaired) electrons. The van der Waals surface area contributed by atoms with Gasteiger partial charge in [-0.15, -0.1) is 0 Å². The van der Waals surface area contributed by atoms with Gasteiger partial charge in [-0.05, 0) is 105 Å². The van der Waals surface area contributed by atoms with Crippen LogP contribution in [0, 0.1) is 26.2 Å². The van der Waals surface area contributed by atoms with Crippen molar-refractivity contribution in [2.75, 3.05) is 26.2 Å². The lowest BCUT2D eigenvalue weighted by molar-refractivity contribution is 0.120. The van der Waals surface area contributed by atoms with Gasteiger partial charge in [0.05, 0.1) is 0 Å². The van der Waals surface area contributed by atoms with Crippen molar-refractivity contribution < 1.29 is 4.74 Å². The van der Waals surface area contributed by atoms with Gasteiger partial charge in [0.2, 0.25) is 0 Å². The van der Waals surface area contributed by atoms with E-state index in [-0.39, 0.29) is 0 Å². The van der Waals surface area contributed by atoms with E-state index < -0.39 is 0 Å². The molecule has 2 aromatic rings. The molecule has 0 aromatic heterocycles. The van der Waals surface area contributed by atoms with Gasteiger partial charge in [-0.3, -0.25) is 0 Å². The van der Waals surface area contributed by atoms with Crippen LogP contribution >= 0.6 is 0 Å². The first-order chi connectivity index (χ1) is 15.0. The van der Waals surface area contributed by atoms with Crippen LogP contribution in [0.25, 0.3) is 0 Å². The van der Waals surface area contributed by atoms with Crippen molar-refractivity contribution in [3.63, 3.8) is 0 Å². The zero-order chi connectivity index (χ0) is 21.4. The molecule has 1 saturated carbocycles. The summed E-state index contributed by atoms with van der Waals surface area (Å²) in [5.74, 6) is 1.76. The largest absolute Gasteiger partial charge is 0.488 e. The van der Waals surface area contributed by atoms with Crippen molar-refractivity contribution in [3.05, 3.63) is 64.2 Å². The van der Waals surface area contributed by atoms with Crippen molar-refractivity contribution in [3.8, 4) is 5.75 Å². The number of aryl methyl sites for hydroxylation is 1. The predicted octanol–water partition coefficient (Wildman–Crippen LogP) is 5.51. The Morgan fingerprint density at radius 1 is 1.00 bits per heavy atom. The third-order valence-corrected chi connectivity index (χ3v) is 8.52. The molecule has 166 valence electrons. The van der Waals surface area contributed by atoms with E-state index in [0.717, 1.165) is 11.8 Å². The minimum absolute atomic E-state index is 0.612. The molecule has 3 fully saturated rings. The Labute approximate surface area is 188 Å². The molecule has 0 bridgehead atoms. The molecule has 3 nitrogen and oxygen atoms in total. The smallest absolute Gasteiger partial charge is 0.126 e. The lowest BCUT2D eigenvalue weighted by Crippen LogP contribution is -2.52. The summed E-state index contributed by atoms with van der Waals surface area (Å²) in [4.78, 5) is 2.81. The van der Waals surface area contributed by atoms with Crippen LogP contribution in [0.2, 0.25) is 0 Å². The molecule has 3 heteroatoms. The van der Waals surface area contributed by atoms with Gasteiger partial charge >= 0.3 is 0 Å². The van der Waals surface area contributed by atoms with Crippen molar-refractivity contribution in [2.24, 2.45) is 5.41 Å². The van der Waals surface area contributed by atoms with Crippen LogP contribution in [0.4, 0.5) is 0 Å². The summed E-state index contributed by atoms with van der Waals surface area (Å²) in [6, 6.07) is 13.8. The zero-order valence-electron chi connectivity index (χ0n) is 19.5. The average molecular weight is 419 g/mol. The molecule has 2 heterocycles. The third-order valence-electron chi connectivity index (χ3n) is 8.52. The highest BCUT2D eigenvalue weighted by Gasteiger charge is 2.45. The first kappa shape index (κ1) is 21.0. The molecule has 1 N–H and O–H groups in total. The minimum atomic E-state index is 0.612. The molecular formula is C28H38N2O. The summed E-state index contributed by atoms with van der Waals surface area (Å²) >= 11 is 0. The molecule has 1 aliphatic carbocycles. The Balaban J connectivity index is 1.29. The van der Waals surface area contributed by atoms with Crippen molar-refractivity contribution in [1.29, 1.82) is 0 Å². The summed E-state index contributed by atoms with van der Waals surface area (Å²) in [6.45, 7) is 12.4. The molecule has 1 spiro atoms. The first-order valence-electron chi connectivity index (χ1n) is 12.3. The molecule has 0 amide bonds. The number of nitrogens with one attached hydrogen (secondary N) is 1. The summed E-state index contributed by atoms with van der Waals surface area (Å²) in [7, 11) is 0. The summed E-state index contributed by atoms with van der Waals surface area (Å²) < 4.78 is 6.50. The minimum Gasteiger partial charge on any atom is -0.488 e. The molecule has 2 saturated heterocycles. The topological polar surface area (TPSA) is 24.5 Å². The lowest BCUT2D eigenvalue weighted by atomic mass is 9.80. The summed E-state index contributed by atoms with van der Waals surface area (Å²) in [5, 5.41) is 3.51. The van der Waals surface area contributed by atoms with Crippen molar-refractivity contribution in [1.82, 2.24) is 10.2 Å². The molecule has 3 aliphatic rings. The van der Waals surface area contributed by atoms with E-state index in [9.17, 15) is 0 Å². The maximum absolute atomic E-state index is 6.50. The van der Waals surface area contributed by atoms with E-state index in [1.807, 2.05) is 0 Å². The van der Waals surface area contributed by atoms with Crippen molar-refractivity contribution in [2.45, 2.75) is 71.4 Å². The standard InChI is InChI=1S/C28H38N2O/c1-20-15-26(27(22(3)21(20)2)31-17-23-7-5-4-6-8-23)24-10-13-30(14-11-24)25-9-12-28(16-25)18-29-19-28/h4-8,15,24-25,29H,9-14,16-19H2,1-3H3/t25-/m1/s1. The van der Waals surface area contributed by atoms with Gasteiger partial charge in [-0.25, -0.2) is 0 Å². The Morgan fingerprint density at radius 3 is 2.39 bits per heavy atom. The third kappa shape index (κ3) is 4.15. The van der Waals surface area contributed by atoms with Crippen LogP contribution in [0.5, 0.6) is 5.75 Å². The van der Waals surface area contributed by atoms with E-state index in [4.69, 9.17) is 4.74 Å². The van der Waals surface area contributed by atoms with Gasteiger partial charge in [0, 0.05) is 19.1 Å². The van der Waals surface area contributed by atoms with E-state index >= 15 is 0 Å². The number of ether oxygens (including phenoxy) is 1. The zero-order valence-corrected chi connectivity index (χ0v) is 19.5. The predicted molar refractivity (Wildman–Crippen MR) is 128 cm³/mol.